The summed E-state index contributed by atoms with van der Waals surface area (Å²) < 4.78 is 0. The lowest BCUT2D eigenvalue weighted by molar-refractivity contribution is 0.0977. The van der Waals surface area contributed by atoms with Crippen LogP contribution in [-0.2, 0) is 0 Å². The molecule has 3 rings (SSSR count). The number of nitrogens with zero attached hydrogens (tertiary/aromatic N) is 2. The first-order chi connectivity index (χ1) is 13.4. The maximum absolute atomic E-state index is 12.4. The van der Waals surface area contributed by atoms with Crippen molar-refractivity contribution in [1.82, 2.24) is 10.2 Å². The number of benzene rings is 2. The fourth-order valence-corrected chi connectivity index (χ4v) is 3.73. The van der Waals surface area contributed by atoms with Crippen molar-refractivity contribution >= 4 is 34.6 Å². The second-order valence-corrected chi connectivity index (χ2v) is 7.66. The number of carbonyl (C=O) groups is 1. The van der Waals surface area contributed by atoms with Gasteiger partial charge in [0.15, 0.2) is 5.11 Å². The van der Waals surface area contributed by atoms with E-state index in [1.165, 1.54) is 5.69 Å². The van der Waals surface area contributed by atoms with Crippen LogP contribution in [0.5, 0.6) is 0 Å². The normalized spacial score (nSPS) is 14.6. The van der Waals surface area contributed by atoms with Crippen molar-refractivity contribution in [3.05, 3.63) is 59.2 Å². The third kappa shape index (κ3) is 5.30. The summed E-state index contributed by atoms with van der Waals surface area (Å²) in [6.07, 6.45) is 0. The molecule has 5 nitrogen and oxygen atoms in total. The zero-order chi connectivity index (χ0) is 20.1. The molecule has 2 aromatic carbocycles. The molecule has 0 aliphatic carbocycles. The van der Waals surface area contributed by atoms with Crippen molar-refractivity contribution in [3.63, 3.8) is 0 Å². The molecule has 0 unspecified atom stereocenters. The van der Waals surface area contributed by atoms with Gasteiger partial charge in [-0.25, -0.2) is 0 Å². The van der Waals surface area contributed by atoms with Gasteiger partial charge in [0, 0.05) is 43.1 Å². The van der Waals surface area contributed by atoms with Crippen LogP contribution in [0.3, 0.4) is 0 Å². The molecule has 0 atom stereocenters. The molecular weight excluding hydrogens is 368 g/mol. The molecule has 0 aromatic heterocycles. The van der Waals surface area contributed by atoms with Crippen molar-refractivity contribution < 1.29 is 4.79 Å². The van der Waals surface area contributed by atoms with Crippen LogP contribution in [0.15, 0.2) is 42.5 Å². The van der Waals surface area contributed by atoms with Gasteiger partial charge in [0.25, 0.3) is 5.91 Å². The molecule has 0 spiro atoms. The Kier molecular flexibility index (Phi) is 6.65. The summed E-state index contributed by atoms with van der Waals surface area (Å²) >= 11 is 5.30. The van der Waals surface area contributed by atoms with E-state index >= 15 is 0 Å². The number of thiocarbonyl (C=S) groups is 1. The summed E-state index contributed by atoms with van der Waals surface area (Å²) in [4.78, 5) is 17.3. The van der Waals surface area contributed by atoms with E-state index in [0.717, 1.165) is 49.5 Å². The first kappa shape index (κ1) is 20.3. The molecule has 2 aromatic rings. The van der Waals surface area contributed by atoms with Crippen molar-refractivity contribution in [2.24, 2.45) is 0 Å². The first-order valence-corrected chi connectivity index (χ1v) is 10.1. The Bertz CT molecular complexity index is 822. The van der Waals surface area contributed by atoms with E-state index in [1.54, 1.807) is 0 Å². The second-order valence-electron chi connectivity index (χ2n) is 7.25. The van der Waals surface area contributed by atoms with Gasteiger partial charge in [-0.15, -0.1) is 0 Å². The lowest BCUT2D eigenvalue weighted by Gasteiger charge is -2.35. The molecule has 0 bridgehead atoms. The summed E-state index contributed by atoms with van der Waals surface area (Å²) in [5.74, 6) is -0.199. The topological polar surface area (TPSA) is 47.6 Å². The zero-order valence-corrected chi connectivity index (χ0v) is 17.6. The van der Waals surface area contributed by atoms with Crippen LogP contribution in [0, 0.1) is 13.8 Å². The van der Waals surface area contributed by atoms with E-state index in [1.807, 2.05) is 44.2 Å². The molecule has 0 radical (unpaired) electrons. The average molecular weight is 397 g/mol. The Hall–Kier alpha value is -2.44. The summed E-state index contributed by atoms with van der Waals surface area (Å²) in [6.45, 7) is 11.6. The summed E-state index contributed by atoms with van der Waals surface area (Å²) in [6, 6.07) is 13.9. The predicted octanol–water partition coefficient (Wildman–Crippen LogP) is 3.57. The summed E-state index contributed by atoms with van der Waals surface area (Å²) in [5, 5.41) is 6.14. The third-order valence-corrected chi connectivity index (χ3v) is 5.22. The number of aryl methyl sites for hydroxylation is 2. The molecule has 148 valence electrons. The molecule has 1 aliphatic heterocycles. The maximum atomic E-state index is 12.4. The van der Waals surface area contributed by atoms with E-state index in [0.29, 0.717) is 10.7 Å². The number of piperazine rings is 1. The second kappa shape index (κ2) is 9.17. The molecule has 1 aliphatic rings. The number of nitrogens with one attached hydrogen (secondary N) is 2. The standard InChI is InChI=1S/C22H28N4OS/c1-4-25-9-11-26(12-10-25)20-7-5-19(6-8-20)23-22(28)24-21(27)18-14-16(2)13-17(3)15-18/h5-8,13-15H,4,9-12H2,1-3H3,(H2,23,24,27,28). The van der Waals surface area contributed by atoms with E-state index in [9.17, 15) is 4.79 Å². The van der Waals surface area contributed by atoms with Crippen LogP contribution < -0.4 is 15.5 Å². The van der Waals surface area contributed by atoms with Crippen molar-refractivity contribution in [1.29, 1.82) is 0 Å². The summed E-state index contributed by atoms with van der Waals surface area (Å²) in [7, 11) is 0. The van der Waals surface area contributed by atoms with E-state index in [-0.39, 0.29) is 5.91 Å². The molecule has 1 fully saturated rings. The van der Waals surface area contributed by atoms with Crippen LogP contribution in [-0.4, -0.2) is 48.6 Å². The largest absolute Gasteiger partial charge is 0.369 e. The molecule has 1 heterocycles. The number of amides is 1. The molecular formula is C22H28N4OS. The predicted molar refractivity (Wildman–Crippen MR) is 120 cm³/mol. The van der Waals surface area contributed by atoms with Crippen LogP contribution in [0.4, 0.5) is 11.4 Å². The Morgan fingerprint density at radius 1 is 1.00 bits per heavy atom. The smallest absolute Gasteiger partial charge is 0.257 e. The van der Waals surface area contributed by atoms with Crippen molar-refractivity contribution in [2.45, 2.75) is 20.8 Å². The van der Waals surface area contributed by atoms with Gasteiger partial charge in [0.05, 0.1) is 0 Å². The molecule has 1 saturated heterocycles. The van der Waals surface area contributed by atoms with Gasteiger partial charge in [-0.2, -0.15) is 0 Å². The number of anilines is 2. The number of carbonyl (C=O) groups excluding carboxylic acids is 1. The van der Waals surface area contributed by atoms with Gasteiger partial charge in [-0.3, -0.25) is 10.1 Å². The Morgan fingerprint density at radius 3 is 2.18 bits per heavy atom. The minimum absolute atomic E-state index is 0.199. The highest BCUT2D eigenvalue weighted by Crippen LogP contribution is 2.19. The fraction of sp³-hybridized carbons (Fsp3) is 0.364. The van der Waals surface area contributed by atoms with Gasteiger partial charge >= 0.3 is 0 Å². The Balaban J connectivity index is 1.55. The Morgan fingerprint density at radius 2 is 1.61 bits per heavy atom. The third-order valence-electron chi connectivity index (χ3n) is 5.02. The van der Waals surface area contributed by atoms with Gasteiger partial charge in [0.2, 0.25) is 0 Å². The highest BCUT2D eigenvalue weighted by atomic mass is 32.1. The minimum atomic E-state index is -0.199. The molecule has 6 heteroatoms. The SMILES string of the molecule is CCN1CCN(c2ccc(NC(=S)NC(=O)c3cc(C)cc(C)c3)cc2)CC1. The van der Waals surface area contributed by atoms with Crippen LogP contribution in [0.25, 0.3) is 0 Å². The molecule has 0 saturated carbocycles. The quantitative estimate of drug-likeness (QED) is 0.774. The van der Waals surface area contributed by atoms with E-state index in [2.05, 4.69) is 39.5 Å². The number of hydrogen-bond donors (Lipinski definition) is 2. The van der Waals surface area contributed by atoms with E-state index in [4.69, 9.17) is 12.2 Å². The minimum Gasteiger partial charge on any atom is -0.369 e. The van der Waals surface area contributed by atoms with Gasteiger partial charge < -0.3 is 15.1 Å². The van der Waals surface area contributed by atoms with Crippen LogP contribution in [0.1, 0.15) is 28.4 Å². The lowest BCUT2D eigenvalue weighted by Crippen LogP contribution is -2.46. The molecule has 28 heavy (non-hydrogen) atoms. The van der Waals surface area contributed by atoms with Gasteiger partial charge in [-0.05, 0) is 69.0 Å². The number of likely N-dealkylation sites (N-methyl/N-ethyl adjacent to an activating group) is 1. The van der Waals surface area contributed by atoms with Crippen molar-refractivity contribution in [3.8, 4) is 0 Å². The van der Waals surface area contributed by atoms with Crippen LogP contribution >= 0.6 is 12.2 Å². The number of hydrogen-bond acceptors (Lipinski definition) is 4. The van der Waals surface area contributed by atoms with Gasteiger partial charge in [-0.1, -0.05) is 24.1 Å². The highest BCUT2D eigenvalue weighted by Gasteiger charge is 2.15. The van der Waals surface area contributed by atoms with Crippen LogP contribution in [0.2, 0.25) is 0 Å². The lowest BCUT2D eigenvalue weighted by atomic mass is 10.1. The zero-order valence-electron chi connectivity index (χ0n) is 16.8. The fourth-order valence-electron chi connectivity index (χ4n) is 3.52. The van der Waals surface area contributed by atoms with E-state index < -0.39 is 0 Å². The molecule has 2 N–H and O–H groups in total. The van der Waals surface area contributed by atoms with Gasteiger partial charge in [0.1, 0.15) is 0 Å². The molecule has 1 amide bonds. The first-order valence-electron chi connectivity index (χ1n) is 9.72. The maximum Gasteiger partial charge on any atom is 0.257 e. The number of rotatable bonds is 4. The highest BCUT2D eigenvalue weighted by molar-refractivity contribution is 7.80. The Labute approximate surface area is 172 Å². The van der Waals surface area contributed by atoms with Crippen molar-refractivity contribution in [2.75, 3.05) is 42.9 Å². The average Bonchev–Trinajstić information content (AvgIpc) is 2.68. The summed E-state index contributed by atoms with van der Waals surface area (Å²) in [5.41, 5.74) is 4.80. The monoisotopic (exact) mass is 396 g/mol.